The SMILES string of the molecule is CC(C)CC(NC(=O)C(Cc1ccc(O)cc1)NC(=O)C(CCCCN)NC(=O)C(N)CCC(=O)O)C(=O)O. The highest BCUT2D eigenvalue weighted by molar-refractivity contribution is 5.94. The van der Waals surface area contributed by atoms with Gasteiger partial charge >= 0.3 is 11.9 Å². The van der Waals surface area contributed by atoms with E-state index in [1.165, 1.54) is 12.1 Å². The van der Waals surface area contributed by atoms with Crippen molar-refractivity contribution in [2.75, 3.05) is 6.54 Å². The Kier molecular flexibility index (Phi) is 14.5. The van der Waals surface area contributed by atoms with Crippen molar-refractivity contribution in [3.63, 3.8) is 0 Å². The zero-order valence-corrected chi connectivity index (χ0v) is 22.4. The number of nitrogens with one attached hydrogen (secondary N) is 3. The summed E-state index contributed by atoms with van der Waals surface area (Å²) >= 11 is 0. The minimum Gasteiger partial charge on any atom is -0.508 e. The number of aromatic hydroxyl groups is 1. The Labute approximate surface area is 227 Å². The molecule has 4 unspecified atom stereocenters. The first kappa shape index (κ1) is 33.3. The molecule has 0 saturated carbocycles. The fourth-order valence-corrected chi connectivity index (χ4v) is 3.76. The Morgan fingerprint density at radius 3 is 1.92 bits per heavy atom. The second-order valence-electron chi connectivity index (χ2n) is 9.85. The molecule has 3 amide bonds. The molecule has 218 valence electrons. The van der Waals surface area contributed by atoms with Crippen LogP contribution in [0.1, 0.15) is 57.9 Å². The Morgan fingerprint density at radius 1 is 0.821 bits per heavy atom. The number of rotatable bonds is 18. The van der Waals surface area contributed by atoms with Gasteiger partial charge in [-0.15, -0.1) is 0 Å². The maximum Gasteiger partial charge on any atom is 0.326 e. The van der Waals surface area contributed by atoms with Crippen molar-refractivity contribution in [2.45, 2.75) is 83.0 Å². The minimum absolute atomic E-state index is 0.00794. The van der Waals surface area contributed by atoms with Gasteiger partial charge in [-0.2, -0.15) is 0 Å². The predicted octanol–water partition coefficient (Wildman–Crippen LogP) is -0.159. The van der Waals surface area contributed by atoms with Gasteiger partial charge in [-0.05, 0) is 62.3 Å². The van der Waals surface area contributed by atoms with Gasteiger partial charge in [-0.25, -0.2) is 4.79 Å². The van der Waals surface area contributed by atoms with E-state index in [-0.39, 0.29) is 43.8 Å². The second-order valence-corrected chi connectivity index (χ2v) is 9.85. The highest BCUT2D eigenvalue weighted by Gasteiger charge is 2.30. The lowest BCUT2D eigenvalue weighted by molar-refractivity contribution is -0.143. The van der Waals surface area contributed by atoms with Crippen molar-refractivity contribution in [3.8, 4) is 5.75 Å². The third kappa shape index (κ3) is 13.1. The van der Waals surface area contributed by atoms with Crippen LogP contribution in [0.4, 0.5) is 0 Å². The monoisotopic (exact) mass is 551 g/mol. The molecule has 0 radical (unpaired) electrons. The molecule has 13 heteroatoms. The van der Waals surface area contributed by atoms with Gasteiger partial charge in [0.05, 0.1) is 6.04 Å². The number of carboxylic acid groups (broad SMARTS) is 2. The number of carboxylic acids is 2. The van der Waals surface area contributed by atoms with Gasteiger partial charge in [0.1, 0.15) is 23.9 Å². The molecule has 0 spiro atoms. The van der Waals surface area contributed by atoms with Crippen molar-refractivity contribution in [2.24, 2.45) is 17.4 Å². The molecule has 0 aliphatic heterocycles. The van der Waals surface area contributed by atoms with Crippen LogP contribution in [0.2, 0.25) is 0 Å². The standard InChI is InChI=1S/C26H41N5O8/c1-15(2)13-21(26(38)39)31-25(37)20(14-16-6-8-17(32)9-7-16)30-24(36)19(5-3-4-12-27)29-23(35)18(28)10-11-22(33)34/h6-9,15,18-21,32H,3-5,10-14,27-28H2,1-2H3,(H,29,35)(H,30,36)(H,31,37)(H,33,34)(H,38,39). The van der Waals surface area contributed by atoms with Gasteiger partial charge in [-0.3, -0.25) is 19.2 Å². The van der Waals surface area contributed by atoms with Crippen molar-refractivity contribution >= 4 is 29.7 Å². The third-order valence-corrected chi connectivity index (χ3v) is 5.92. The van der Waals surface area contributed by atoms with Gasteiger partial charge in [-0.1, -0.05) is 26.0 Å². The molecule has 0 bridgehead atoms. The number of hydrogen-bond acceptors (Lipinski definition) is 8. The van der Waals surface area contributed by atoms with E-state index in [9.17, 15) is 34.2 Å². The van der Waals surface area contributed by atoms with E-state index >= 15 is 0 Å². The van der Waals surface area contributed by atoms with E-state index in [4.69, 9.17) is 16.6 Å². The van der Waals surface area contributed by atoms with E-state index in [0.29, 0.717) is 24.9 Å². The van der Waals surface area contributed by atoms with Crippen LogP contribution in [0.3, 0.4) is 0 Å². The van der Waals surface area contributed by atoms with Gasteiger partial charge in [0.25, 0.3) is 0 Å². The minimum atomic E-state index is -1.21. The Balaban J connectivity index is 3.14. The average Bonchev–Trinajstić information content (AvgIpc) is 2.86. The van der Waals surface area contributed by atoms with E-state index in [1.54, 1.807) is 12.1 Å². The summed E-state index contributed by atoms with van der Waals surface area (Å²) in [6, 6.07) is 1.32. The number of carbonyl (C=O) groups is 5. The molecule has 10 N–H and O–H groups in total. The Hall–Kier alpha value is -3.71. The third-order valence-electron chi connectivity index (χ3n) is 5.92. The van der Waals surface area contributed by atoms with Crippen LogP contribution in [-0.4, -0.2) is 75.7 Å². The summed E-state index contributed by atoms with van der Waals surface area (Å²) in [5.41, 5.74) is 11.9. The first-order valence-corrected chi connectivity index (χ1v) is 12.9. The molecule has 39 heavy (non-hydrogen) atoms. The summed E-state index contributed by atoms with van der Waals surface area (Å²) in [6.07, 6.45) is 0.923. The number of phenols is 1. The Bertz CT molecular complexity index is 970. The van der Waals surface area contributed by atoms with Gasteiger partial charge in [0.15, 0.2) is 0 Å². The smallest absolute Gasteiger partial charge is 0.326 e. The lowest BCUT2D eigenvalue weighted by Crippen LogP contribution is -2.57. The van der Waals surface area contributed by atoms with Crippen LogP contribution in [0.25, 0.3) is 0 Å². The van der Waals surface area contributed by atoms with E-state index < -0.39 is 53.8 Å². The van der Waals surface area contributed by atoms with Crippen LogP contribution >= 0.6 is 0 Å². The number of unbranched alkanes of at least 4 members (excludes halogenated alkanes) is 1. The second kappa shape index (κ2) is 17.0. The summed E-state index contributed by atoms with van der Waals surface area (Å²) in [4.78, 5) is 61.6. The molecule has 1 aromatic carbocycles. The fourth-order valence-electron chi connectivity index (χ4n) is 3.76. The number of aliphatic carboxylic acids is 2. The molecule has 0 heterocycles. The van der Waals surface area contributed by atoms with E-state index in [2.05, 4.69) is 16.0 Å². The van der Waals surface area contributed by atoms with Gasteiger partial charge < -0.3 is 42.7 Å². The molecule has 0 aromatic heterocycles. The normalized spacial score (nSPS) is 14.1. The summed E-state index contributed by atoms with van der Waals surface area (Å²) in [5, 5.41) is 35.6. The molecule has 0 fully saturated rings. The zero-order chi connectivity index (χ0) is 29.5. The highest BCUT2D eigenvalue weighted by Crippen LogP contribution is 2.13. The van der Waals surface area contributed by atoms with Crippen molar-refractivity contribution in [3.05, 3.63) is 29.8 Å². The lowest BCUT2D eigenvalue weighted by atomic mass is 10.0. The number of benzene rings is 1. The molecule has 13 nitrogen and oxygen atoms in total. The number of amides is 3. The zero-order valence-electron chi connectivity index (χ0n) is 22.4. The van der Waals surface area contributed by atoms with Gasteiger partial charge in [0.2, 0.25) is 17.7 Å². The fraction of sp³-hybridized carbons (Fsp3) is 0.577. The summed E-state index contributed by atoms with van der Waals surface area (Å²) in [7, 11) is 0. The average molecular weight is 552 g/mol. The van der Waals surface area contributed by atoms with Gasteiger partial charge in [0, 0.05) is 12.8 Å². The van der Waals surface area contributed by atoms with E-state index in [0.717, 1.165) is 0 Å². The Morgan fingerprint density at radius 2 is 1.38 bits per heavy atom. The summed E-state index contributed by atoms with van der Waals surface area (Å²) in [5.74, 6) is -4.48. The number of carbonyl (C=O) groups excluding carboxylic acids is 3. The first-order valence-electron chi connectivity index (χ1n) is 12.9. The maximum atomic E-state index is 13.3. The first-order chi connectivity index (χ1) is 18.3. The van der Waals surface area contributed by atoms with Crippen molar-refractivity contribution < 1.29 is 39.3 Å². The number of hydrogen-bond donors (Lipinski definition) is 8. The molecular formula is C26H41N5O8. The van der Waals surface area contributed by atoms with Crippen molar-refractivity contribution in [1.29, 1.82) is 0 Å². The molecule has 1 aromatic rings. The topological polar surface area (TPSA) is 234 Å². The molecule has 0 saturated heterocycles. The van der Waals surface area contributed by atoms with Crippen LogP contribution in [-0.2, 0) is 30.4 Å². The molecule has 0 aliphatic carbocycles. The number of phenolic OH excluding ortho intramolecular Hbond substituents is 1. The largest absolute Gasteiger partial charge is 0.508 e. The van der Waals surface area contributed by atoms with Crippen LogP contribution in [0.15, 0.2) is 24.3 Å². The van der Waals surface area contributed by atoms with Crippen LogP contribution in [0.5, 0.6) is 5.75 Å². The van der Waals surface area contributed by atoms with Crippen LogP contribution < -0.4 is 27.4 Å². The quantitative estimate of drug-likeness (QED) is 0.112. The molecule has 0 aliphatic rings. The molecule has 1 rings (SSSR count). The highest BCUT2D eigenvalue weighted by atomic mass is 16.4. The van der Waals surface area contributed by atoms with Crippen LogP contribution in [0, 0.1) is 5.92 Å². The van der Waals surface area contributed by atoms with E-state index in [1.807, 2.05) is 13.8 Å². The summed E-state index contributed by atoms with van der Waals surface area (Å²) in [6.45, 7) is 3.99. The maximum absolute atomic E-state index is 13.3. The lowest BCUT2D eigenvalue weighted by Gasteiger charge is -2.26. The predicted molar refractivity (Wildman–Crippen MR) is 142 cm³/mol. The number of nitrogens with two attached hydrogens (primary N) is 2. The molecule has 4 atom stereocenters. The molecular weight excluding hydrogens is 510 g/mol. The van der Waals surface area contributed by atoms with Crippen molar-refractivity contribution in [1.82, 2.24) is 16.0 Å². The summed E-state index contributed by atoms with van der Waals surface area (Å²) < 4.78 is 0.